The highest BCUT2D eigenvalue weighted by Crippen LogP contribution is 2.12. The molecule has 2 rings (SSSR count). The van der Waals surface area contributed by atoms with Crippen molar-refractivity contribution in [2.75, 3.05) is 11.9 Å². The molecule has 120 valence electrons. The lowest BCUT2D eigenvalue weighted by molar-refractivity contribution is 0.0952. The lowest BCUT2D eigenvalue weighted by Crippen LogP contribution is -2.24. The zero-order valence-electron chi connectivity index (χ0n) is 12.9. The number of hydrogen-bond acceptors (Lipinski definition) is 2. The molecule has 0 spiro atoms. The molecule has 0 bridgehead atoms. The lowest BCUT2D eigenvalue weighted by atomic mass is 10.1. The summed E-state index contributed by atoms with van der Waals surface area (Å²) in [6.45, 7) is 2.71. The van der Waals surface area contributed by atoms with Gasteiger partial charge in [0, 0.05) is 23.4 Å². The molecule has 0 saturated carbocycles. The van der Waals surface area contributed by atoms with Crippen molar-refractivity contribution in [3.63, 3.8) is 0 Å². The van der Waals surface area contributed by atoms with Gasteiger partial charge in [-0.2, -0.15) is 0 Å². The van der Waals surface area contributed by atoms with E-state index in [2.05, 4.69) is 17.6 Å². The molecule has 0 atom stereocenters. The van der Waals surface area contributed by atoms with Crippen molar-refractivity contribution < 1.29 is 14.0 Å². The van der Waals surface area contributed by atoms with Crippen LogP contribution in [-0.4, -0.2) is 18.4 Å². The summed E-state index contributed by atoms with van der Waals surface area (Å²) in [5.41, 5.74) is 1.48. The predicted octanol–water partition coefficient (Wildman–Crippen LogP) is 3.61. The lowest BCUT2D eigenvalue weighted by Gasteiger charge is -2.07. The van der Waals surface area contributed by atoms with Crippen molar-refractivity contribution in [1.29, 1.82) is 0 Å². The number of hydrogen-bond donors (Lipinski definition) is 2. The number of rotatable bonds is 6. The van der Waals surface area contributed by atoms with Crippen LogP contribution in [0.2, 0.25) is 0 Å². The molecule has 0 aliphatic carbocycles. The van der Waals surface area contributed by atoms with Gasteiger partial charge >= 0.3 is 0 Å². The quantitative estimate of drug-likeness (QED) is 0.800. The standard InChI is InChI=1S/C18H19FN2O2/c1-2-3-12-20-17(22)13-6-10-16(11-7-13)21-18(23)14-4-8-15(19)9-5-14/h4-11H,2-3,12H2,1H3,(H,20,22)(H,21,23). The van der Waals surface area contributed by atoms with E-state index < -0.39 is 0 Å². The number of anilines is 1. The van der Waals surface area contributed by atoms with E-state index in [1.54, 1.807) is 24.3 Å². The summed E-state index contributed by atoms with van der Waals surface area (Å²) in [6.07, 6.45) is 1.96. The van der Waals surface area contributed by atoms with E-state index in [4.69, 9.17) is 0 Å². The molecule has 0 aliphatic rings. The molecule has 0 aromatic heterocycles. The fourth-order valence-electron chi connectivity index (χ4n) is 1.99. The summed E-state index contributed by atoms with van der Waals surface area (Å²) in [7, 11) is 0. The minimum absolute atomic E-state index is 0.130. The van der Waals surface area contributed by atoms with Gasteiger partial charge in [0.25, 0.3) is 11.8 Å². The maximum Gasteiger partial charge on any atom is 0.255 e. The zero-order chi connectivity index (χ0) is 16.7. The summed E-state index contributed by atoms with van der Waals surface area (Å²) in [5, 5.41) is 5.53. The summed E-state index contributed by atoms with van der Waals surface area (Å²) in [5.74, 6) is -0.847. The second-order valence-corrected chi connectivity index (χ2v) is 5.15. The first-order valence-electron chi connectivity index (χ1n) is 7.55. The second kappa shape index (κ2) is 8.08. The summed E-state index contributed by atoms with van der Waals surface area (Å²) >= 11 is 0. The number of benzene rings is 2. The largest absolute Gasteiger partial charge is 0.352 e. The van der Waals surface area contributed by atoms with Crippen molar-refractivity contribution in [2.24, 2.45) is 0 Å². The molecule has 2 aromatic carbocycles. The Labute approximate surface area is 134 Å². The van der Waals surface area contributed by atoms with Gasteiger partial charge in [-0.15, -0.1) is 0 Å². The Morgan fingerprint density at radius 1 is 0.913 bits per heavy atom. The number of unbranched alkanes of at least 4 members (excludes halogenated alkanes) is 1. The average molecular weight is 314 g/mol. The Kier molecular flexibility index (Phi) is 5.86. The third-order valence-electron chi connectivity index (χ3n) is 3.33. The van der Waals surface area contributed by atoms with Crippen molar-refractivity contribution >= 4 is 17.5 Å². The fraction of sp³-hybridized carbons (Fsp3) is 0.222. The molecule has 2 aromatic rings. The molecule has 5 heteroatoms. The number of halogens is 1. The van der Waals surface area contributed by atoms with E-state index in [-0.39, 0.29) is 17.6 Å². The molecular formula is C18H19FN2O2. The van der Waals surface area contributed by atoms with E-state index in [1.807, 2.05) is 0 Å². The smallest absolute Gasteiger partial charge is 0.255 e. The van der Waals surface area contributed by atoms with Crippen LogP contribution in [-0.2, 0) is 0 Å². The van der Waals surface area contributed by atoms with Gasteiger partial charge in [0.2, 0.25) is 0 Å². The van der Waals surface area contributed by atoms with Crippen LogP contribution in [0.1, 0.15) is 40.5 Å². The van der Waals surface area contributed by atoms with Crippen molar-refractivity contribution in [1.82, 2.24) is 5.32 Å². The number of carbonyl (C=O) groups is 2. The molecule has 0 saturated heterocycles. The minimum Gasteiger partial charge on any atom is -0.352 e. The van der Waals surface area contributed by atoms with Gasteiger partial charge in [0.05, 0.1) is 0 Å². The van der Waals surface area contributed by atoms with Crippen LogP contribution in [0.3, 0.4) is 0 Å². The summed E-state index contributed by atoms with van der Waals surface area (Å²) < 4.78 is 12.8. The first-order valence-corrected chi connectivity index (χ1v) is 7.55. The summed E-state index contributed by atoms with van der Waals surface area (Å²) in [4.78, 5) is 23.9. The Hall–Kier alpha value is -2.69. The van der Waals surface area contributed by atoms with Crippen LogP contribution >= 0.6 is 0 Å². The zero-order valence-corrected chi connectivity index (χ0v) is 12.9. The molecule has 2 amide bonds. The van der Waals surface area contributed by atoms with Crippen LogP contribution in [0.15, 0.2) is 48.5 Å². The highest BCUT2D eigenvalue weighted by molar-refractivity contribution is 6.04. The topological polar surface area (TPSA) is 58.2 Å². The minimum atomic E-state index is -0.389. The molecule has 2 N–H and O–H groups in total. The Bertz CT molecular complexity index is 666. The van der Waals surface area contributed by atoms with Gasteiger partial charge in [-0.3, -0.25) is 9.59 Å². The first kappa shape index (κ1) is 16.7. The van der Waals surface area contributed by atoms with Crippen molar-refractivity contribution in [3.8, 4) is 0 Å². The van der Waals surface area contributed by atoms with Crippen molar-refractivity contribution in [2.45, 2.75) is 19.8 Å². The van der Waals surface area contributed by atoms with Crippen molar-refractivity contribution in [3.05, 3.63) is 65.5 Å². The van der Waals surface area contributed by atoms with Gasteiger partial charge < -0.3 is 10.6 Å². The Morgan fingerprint density at radius 3 is 2.09 bits per heavy atom. The van der Waals surface area contributed by atoms with Gasteiger partial charge in [0.15, 0.2) is 0 Å². The van der Waals surface area contributed by atoms with Gasteiger partial charge in [-0.1, -0.05) is 13.3 Å². The van der Waals surface area contributed by atoms with E-state index in [9.17, 15) is 14.0 Å². The molecule has 0 heterocycles. The second-order valence-electron chi connectivity index (χ2n) is 5.15. The third-order valence-corrected chi connectivity index (χ3v) is 3.33. The monoisotopic (exact) mass is 314 g/mol. The molecule has 4 nitrogen and oxygen atoms in total. The highest BCUT2D eigenvalue weighted by Gasteiger charge is 2.08. The SMILES string of the molecule is CCCCNC(=O)c1ccc(NC(=O)c2ccc(F)cc2)cc1. The van der Waals surface area contributed by atoms with Crippen LogP contribution in [0.5, 0.6) is 0 Å². The van der Waals surface area contributed by atoms with Crippen LogP contribution in [0.25, 0.3) is 0 Å². The maximum absolute atomic E-state index is 12.8. The van der Waals surface area contributed by atoms with E-state index in [1.165, 1.54) is 24.3 Å². The molecule has 0 aliphatic heterocycles. The number of amides is 2. The maximum atomic E-state index is 12.8. The Balaban J connectivity index is 1.95. The fourth-order valence-corrected chi connectivity index (χ4v) is 1.99. The van der Waals surface area contributed by atoms with Gasteiger partial charge in [0.1, 0.15) is 5.82 Å². The molecular weight excluding hydrogens is 295 g/mol. The van der Waals surface area contributed by atoms with E-state index >= 15 is 0 Å². The molecule has 0 fully saturated rings. The van der Waals surface area contributed by atoms with E-state index in [0.29, 0.717) is 23.4 Å². The Morgan fingerprint density at radius 2 is 1.48 bits per heavy atom. The average Bonchev–Trinajstić information content (AvgIpc) is 2.56. The predicted molar refractivity (Wildman–Crippen MR) is 88.0 cm³/mol. The number of nitrogens with one attached hydrogen (secondary N) is 2. The molecule has 0 radical (unpaired) electrons. The van der Waals surface area contributed by atoms with Gasteiger partial charge in [-0.05, 0) is 55.0 Å². The highest BCUT2D eigenvalue weighted by atomic mass is 19.1. The van der Waals surface area contributed by atoms with Crippen LogP contribution < -0.4 is 10.6 Å². The van der Waals surface area contributed by atoms with Gasteiger partial charge in [-0.25, -0.2) is 4.39 Å². The molecule has 0 unspecified atom stereocenters. The van der Waals surface area contributed by atoms with Crippen LogP contribution in [0.4, 0.5) is 10.1 Å². The first-order chi connectivity index (χ1) is 11.1. The normalized spacial score (nSPS) is 10.2. The molecule has 23 heavy (non-hydrogen) atoms. The third kappa shape index (κ3) is 4.92. The summed E-state index contributed by atoms with van der Waals surface area (Å²) in [6, 6.07) is 11.9. The van der Waals surface area contributed by atoms with E-state index in [0.717, 1.165) is 12.8 Å². The van der Waals surface area contributed by atoms with Crippen LogP contribution in [0, 0.1) is 5.82 Å². The number of carbonyl (C=O) groups excluding carboxylic acids is 2.